The van der Waals surface area contributed by atoms with Gasteiger partial charge in [-0.05, 0) is 74.3 Å². The molecule has 0 aliphatic carbocycles. The molecule has 170 valence electrons. The first-order valence-corrected chi connectivity index (χ1v) is 12.6. The summed E-state index contributed by atoms with van der Waals surface area (Å²) in [6.07, 6.45) is 4.03. The maximum absolute atomic E-state index is 13.2. The van der Waals surface area contributed by atoms with Crippen molar-refractivity contribution in [3.8, 4) is 11.4 Å². The van der Waals surface area contributed by atoms with Crippen LogP contribution in [0.1, 0.15) is 18.7 Å². The SMILES string of the molecule is CS(=O)(=O)c1ccc(-c2noc(CC3CCN(CCNc4cccc(F)c4)CC3)n2)cc1. The van der Waals surface area contributed by atoms with Gasteiger partial charge in [-0.1, -0.05) is 11.2 Å². The Morgan fingerprint density at radius 1 is 1.16 bits per heavy atom. The molecule has 1 saturated heterocycles. The molecule has 1 N–H and O–H groups in total. The van der Waals surface area contributed by atoms with Crippen molar-refractivity contribution in [1.82, 2.24) is 15.0 Å². The van der Waals surface area contributed by atoms with Crippen molar-refractivity contribution in [2.24, 2.45) is 5.92 Å². The summed E-state index contributed by atoms with van der Waals surface area (Å²) >= 11 is 0. The molecule has 1 aromatic heterocycles. The third-order valence-corrected chi connectivity index (χ3v) is 6.89. The van der Waals surface area contributed by atoms with Crippen LogP contribution in [0.2, 0.25) is 0 Å². The fourth-order valence-electron chi connectivity index (χ4n) is 3.92. The summed E-state index contributed by atoms with van der Waals surface area (Å²) in [5, 5.41) is 7.32. The molecule has 0 radical (unpaired) electrons. The van der Waals surface area contributed by atoms with E-state index in [-0.39, 0.29) is 10.7 Å². The Labute approximate surface area is 187 Å². The van der Waals surface area contributed by atoms with E-state index in [9.17, 15) is 12.8 Å². The zero-order valence-electron chi connectivity index (χ0n) is 18.0. The third kappa shape index (κ3) is 5.92. The first kappa shape index (κ1) is 22.4. The molecule has 0 unspecified atom stereocenters. The number of hydrogen-bond acceptors (Lipinski definition) is 7. The number of likely N-dealkylation sites (tertiary alicyclic amines) is 1. The Kier molecular flexibility index (Phi) is 6.86. The van der Waals surface area contributed by atoms with Gasteiger partial charge in [0, 0.05) is 37.0 Å². The molecular formula is C23H27FN4O3S. The monoisotopic (exact) mass is 458 g/mol. The molecule has 2 heterocycles. The zero-order chi connectivity index (χ0) is 22.6. The molecule has 2 aromatic carbocycles. The van der Waals surface area contributed by atoms with Crippen molar-refractivity contribution >= 4 is 15.5 Å². The van der Waals surface area contributed by atoms with E-state index in [1.165, 1.54) is 18.4 Å². The standard InChI is InChI=1S/C23H27FN4O3S/c1-32(29,30)21-7-5-18(6-8-21)23-26-22(31-27-23)15-17-9-12-28(13-10-17)14-11-25-20-4-2-3-19(24)16-20/h2-8,16-17,25H,9-15H2,1H3. The lowest BCUT2D eigenvalue weighted by molar-refractivity contribution is 0.183. The van der Waals surface area contributed by atoms with Crippen LogP contribution in [0.15, 0.2) is 57.9 Å². The van der Waals surface area contributed by atoms with Gasteiger partial charge in [-0.2, -0.15) is 4.98 Å². The number of hydrogen-bond donors (Lipinski definition) is 1. The van der Waals surface area contributed by atoms with Crippen LogP contribution in [0.4, 0.5) is 10.1 Å². The summed E-state index contributed by atoms with van der Waals surface area (Å²) in [6, 6.07) is 13.0. The second kappa shape index (κ2) is 9.79. The molecule has 0 saturated carbocycles. The number of nitrogens with zero attached hydrogens (tertiary/aromatic N) is 3. The highest BCUT2D eigenvalue weighted by atomic mass is 32.2. The molecule has 9 heteroatoms. The van der Waals surface area contributed by atoms with Crippen molar-refractivity contribution in [3.05, 3.63) is 60.2 Å². The van der Waals surface area contributed by atoms with Gasteiger partial charge in [-0.15, -0.1) is 0 Å². The Balaban J connectivity index is 1.23. The average molecular weight is 459 g/mol. The normalized spacial score (nSPS) is 15.7. The number of halogens is 1. The van der Waals surface area contributed by atoms with E-state index in [4.69, 9.17) is 4.52 Å². The summed E-state index contributed by atoms with van der Waals surface area (Å²) < 4.78 is 41.9. The van der Waals surface area contributed by atoms with Gasteiger partial charge >= 0.3 is 0 Å². The molecule has 1 aliphatic heterocycles. The number of rotatable bonds is 8. The molecule has 7 nitrogen and oxygen atoms in total. The molecule has 3 aromatic rings. The molecule has 32 heavy (non-hydrogen) atoms. The minimum Gasteiger partial charge on any atom is -0.384 e. The average Bonchev–Trinajstić information content (AvgIpc) is 3.23. The van der Waals surface area contributed by atoms with Gasteiger partial charge in [0.25, 0.3) is 0 Å². The Morgan fingerprint density at radius 3 is 2.59 bits per heavy atom. The highest BCUT2D eigenvalue weighted by molar-refractivity contribution is 7.90. The number of sulfone groups is 1. The van der Waals surface area contributed by atoms with Crippen LogP contribution in [-0.4, -0.2) is 55.9 Å². The van der Waals surface area contributed by atoms with Crippen molar-refractivity contribution in [2.75, 3.05) is 37.8 Å². The number of nitrogens with one attached hydrogen (secondary N) is 1. The van der Waals surface area contributed by atoms with Crippen LogP contribution in [0.5, 0.6) is 0 Å². The maximum Gasteiger partial charge on any atom is 0.227 e. The molecule has 4 rings (SSSR count). The van der Waals surface area contributed by atoms with E-state index in [1.54, 1.807) is 30.3 Å². The lowest BCUT2D eigenvalue weighted by Crippen LogP contribution is -2.37. The summed E-state index contributed by atoms with van der Waals surface area (Å²) in [5.74, 6) is 1.34. The van der Waals surface area contributed by atoms with E-state index in [0.717, 1.165) is 56.7 Å². The lowest BCUT2D eigenvalue weighted by atomic mass is 9.93. The Hall–Kier alpha value is -2.78. The predicted molar refractivity (Wildman–Crippen MR) is 121 cm³/mol. The first-order chi connectivity index (χ1) is 15.4. The van der Waals surface area contributed by atoms with Gasteiger partial charge in [0.05, 0.1) is 4.90 Å². The van der Waals surface area contributed by atoms with Crippen LogP contribution in [0, 0.1) is 11.7 Å². The van der Waals surface area contributed by atoms with E-state index >= 15 is 0 Å². The molecule has 1 aliphatic rings. The second-order valence-electron chi connectivity index (χ2n) is 8.23. The first-order valence-electron chi connectivity index (χ1n) is 10.7. The number of piperidine rings is 1. The zero-order valence-corrected chi connectivity index (χ0v) is 18.8. The number of benzene rings is 2. The Morgan fingerprint density at radius 2 is 1.91 bits per heavy atom. The summed E-state index contributed by atoms with van der Waals surface area (Å²) in [5.41, 5.74) is 1.53. The maximum atomic E-state index is 13.2. The number of anilines is 1. The smallest absolute Gasteiger partial charge is 0.227 e. The van der Waals surface area contributed by atoms with Crippen LogP contribution in [-0.2, 0) is 16.3 Å². The largest absolute Gasteiger partial charge is 0.384 e. The fraction of sp³-hybridized carbons (Fsp3) is 0.391. The summed E-state index contributed by atoms with van der Waals surface area (Å²) in [4.78, 5) is 7.17. The van der Waals surface area contributed by atoms with E-state index in [0.29, 0.717) is 17.6 Å². The van der Waals surface area contributed by atoms with Crippen LogP contribution in [0.25, 0.3) is 11.4 Å². The van der Waals surface area contributed by atoms with Crippen molar-refractivity contribution in [3.63, 3.8) is 0 Å². The molecule has 0 atom stereocenters. The topological polar surface area (TPSA) is 88.3 Å². The van der Waals surface area contributed by atoms with Gasteiger partial charge in [0.15, 0.2) is 9.84 Å². The quantitative estimate of drug-likeness (QED) is 0.551. The van der Waals surface area contributed by atoms with Gasteiger partial charge in [0.1, 0.15) is 5.82 Å². The molecule has 0 amide bonds. The molecule has 0 spiro atoms. The van der Waals surface area contributed by atoms with Crippen molar-refractivity contribution < 1.29 is 17.3 Å². The van der Waals surface area contributed by atoms with Crippen LogP contribution >= 0.6 is 0 Å². The van der Waals surface area contributed by atoms with Gasteiger partial charge in [-0.3, -0.25) is 0 Å². The van der Waals surface area contributed by atoms with Crippen molar-refractivity contribution in [2.45, 2.75) is 24.2 Å². The summed E-state index contributed by atoms with van der Waals surface area (Å²) in [6.45, 7) is 3.70. The van der Waals surface area contributed by atoms with E-state index in [2.05, 4.69) is 20.4 Å². The van der Waals surface area contributed by atoms with E-state index < -0.39 is 9.84 Å². The second-order valence-corrected chi connectivity index (χ2v) is 10.3. The minimum atomic E-state index is -3.23. The van der Waals surface area contributed by atoms with Gasteiger partial charge in [0.2, 0.25) is 11.7 Å². The van der Waals surface area contributed by atoms with E-state index in [1.807, 2.05) is 6.07 Å². The molecular weight excluding hydrogens is 431 g/mol. The minimum absolute atomic E-state index is 0.231. The number of aromatic nitrogens is 2. The van der Waals surface area contributed by atoms with Crippen LogP contribution in [0.3, 0.4) is 0 Å². The van der Waals surface area contributed by atoms with Crippen LogP contribution < -0.4 is 5.32 Å². The third-order valence-electron chi connectivity index (χ3n) is 5.76. The fourth-order valence-corrected chi connectivity index (χ4v) is 4.55. The Bertz CT molecular complexity index is 1140. The predicted octanol–water partition coefficient (Wildman–Crippen LogP) is 3.65. The van der Waals surface area contributed by atoms with Gasteiger partial charge < -0.3 is 14.7 Å². The lowest BCUT2D eigenvalue weighted by Gasteiger charge is -2.31. The van der Waals surface area contributed by atoms with Gasteiger partial charge in [-0.25, -0.2) is 12.8 Å². The highest BCUT2D eigenvalue weighted by Crippen LogP contribution is 2.23. The molecule has 0 bridgehead atoms. The highest BCUT2D eigenvalue weighted by Gasteiger charge is 2.22. The molecule has 1 fully saturated rings. The van der Waals surface area contributed by atoms with Crippen molar-refractivity contribution in [1.29, 1.82) is 0 Å². The summed E-state index contributed by atoms with van der Waals surface area (Å²) in [7, 11) is -3.23.